The van der Waals surface area contributed by atoms with Crippen molar-refractivity contribution >= 4 is 17.5 Å². The third-order valence-electron chi connectivity index (χ3n) is 4.57. The van der Waals surface area contributed by atoms with E-state index in [1.54, 1.807) is 61.6 Å². The zero-order valence-electron chi connectivity index (χ0n) is 16.2. The maximum absolute atomic E-state index is 12.5. The van der Waals surface area contributed by atoms with Crippen molar-refractivity contribution in [3.05, 3.63) is 48.0 Å². The molecule has 0 radical (unpaired) electrons. The van der Waals surface area contributed by atoms with E-state index in [9.17, 15) is 9.59 Å². The summed E-state index contributed by atoms with van der Waals surface area (Å²) in [7, 11) is 3.11. The minimum absolute atomic E-state index is 0.0517. The van der Waals surface area contributed by atoms with Gasteiger partial charge in [0.1, 0.15) is 5.75 Å². The lowest BCUT2D eigenvalue weighted by atomic mass is 10.2. The minimum atomic E-state index is -0.264. The summed E-state index contributed by atoms with van der Waals surface area (Å²) >= 11 is 0. The number of methoxy groups -OCH3 is 2. The molecule has 1 aliphatic heterocycles. The van der Waals surface area contributed by atoms with E-state index in [1.165, 1.54) is 0 Å². The summed E-state index contributed by atoms with van der Waals surface area (Å²) in [4.78, 5) is 26.6. The van der Waals surface area contributed by atoms with Crippen LogP contribution < -0.4 is 24.4 Å². The Bertz CT molecular complexity index is 850. The molecule has 1 heterocycles. The minimum Gasteiger partial charge on any atom is -0.494 e. The van der Waals surface area contributed by atoms with E-state index in [0.29, 0.717) is 35.9 Å². The van der Waals surface area contributed by atoms with Crippen LogP contribution in [-0.4, -0.2) is 45.2 Å². The van der Waals surface area contributed by atoms with Gasteiger partial charge in [0, 0.05) is 30.3 Å². The van der Waals surface area contributed by atoms with Crippen LogP contribution in [0.15, 0.2) is 42.5 Å². The first-order valence-corrected chi connectivity index (χ1v) is 9.11. The second-order valence-corrected chi connectivity index (χ2v) is 6.38. The van der Waals surface area contributed by atoms with Crippen LogP contribution in [0.5, 0.6) is 17.2 Å². The van der Waals surface area contributed by atoms with Gasteiger partial charge in [0.05, 0.1) is 26.9 Å². The Morgan fingerprint density at radius 3 is 2.46 bits per heavy atom. The fourth-order valence-electron chi connectivity index (χ4n) is 3.18. The van der Waals surface area contributed by atoms with E-state index < -0.39 is 0 Å². The molecule has 1 fully saturated rings. The molecule has 1 unspecified atom stereocenters. The molecule has 2 amide bonds. The van der Waals surface area contributed by atoms with Crippen LogP contribution in [0.25, 0.3) is 0 Å². The lowest BCUT2D eigenvalue weighted by Gasteiger charge is -2.19. The Balaban J connectivity index is 1.66. The van der Waals surface area contributed by atoms with E-state index in [4.69, 9.17) is 14.2 Å². The number of ether oxygens (including phenoxy) is 3. The Labute approximate surface area is 164 Å². The summed E-state index contributed by atoms with van der Waals surface area (Å²) in [5.74, 6) is 1.60. The maximum atomic E-state index is 12.5. The van der Waals surface area contributed by atoms with Gasteiger partial charge < -0.3 is 24.4 Å². The number of benzene rings is 2. The molecule has 2 aromatic carbocycles. The molecule has 0 saturated carbocycles. The lowest BCUT2D eigenvalue weighted by molar-refractivity contribution is -0.117. The Kier molecular flexibility index (Phi) is 6.03. The Morgan fingerprint density at radius 1 is 1.11 bits per heavy atom. The molecule has 28 heavy (non-hydrogen) atoms. The van der Waals surface area contributed by atoms with Crippen molar-refractivity contribution in [1.29, 1.82) is 0 Å². The fourth-order valence-corrected chi connectivity index (χ4v) is 3.18. The molecule has 0 bridgehead atoms. The number of amides is 2. The maximum Gasteiger partial charge on any atom is 0.251 e. The molecule has 7 nitrogen and oxygen atoms in total. The standard InChI is InChI=1S/C21H24N2O5/c1-4-28-17-8-5-14(6-9-17)21(25)22-15-11-20(24)23(13-15)16-7-10-18(26-2)19(12-16)27-3/h5-10,12,15H,4,11,13H2,1-3H3,(H,22,25). The van der Waals surface area contributed by atoms with Crippen molar-refractivity contribution < 1.29 is 23.8 Å². The van der Waals surface area contributed by atoms with Crippen molar-refractivity contribution in [2.75, 3.05) is 32.3 Å². The monoisotopic (exact) mass is 384 g/mol. The highest BCUT2D eigenvalue weighted by Crippen LogP contribution is 2.33. The third kappa shape index (κ3) is 4.19. The summed E-state index contributed by atoms with van der Waals surface area (Å²) < 4.78 is 15.9. The number of anilines is 1. The highest BCUT2D eigenvalue weighted by atomic mass is 16.5. The van der Waals surface area contributed by atoms with Gasteiger partial charge in [-0.2, -0.15) is 0 Å². The third-order valence-corrected chi connectivity index (χ3v) is 4.57. The number of hydrogen-bond donors (Lipinski definition) is 1. The number of nitrogens with one attached hydrogen (secondary N) is 1. The van der Waals surface area contributed by atoms with Crippen LogP contribution in [-0.2, 0) is 4.79 Å². The van der Waals surface area contributed by atoms with Gasteiger partial charge in [-0.25, -0.2) is 0 Å². The smallest absolute Gasteiger partial charge is 0.251 e. The van der Waals surface area contributed by atoms with Gasteiger partial charge in [0.2, 0.25) is 5.91 Å². The topological polar surface area (TPSA) is 77.1 Å². The van der Waals surface area contributed by atoms with Crippen molar-refractivity contribution in [3.63, 3.8) is 0 Å². The van der Waals surface area contributed by atoms with E-state index in [0.717, 1.165) is 5.75 Å². The molecule has 0 spiro atoms. The highest BCUT2D eigenvalue weighted by molar-refractivity contribution is 5.99. The van der Waals surface area contributed by atoms with Crippen LogP contribution >= 0.6 is 0 Å². The number of hydrogen-bond acceptors (Lipinski definition) is 5. The Hall–Kier alpha value is -3.22. The molecule has 1 N–H and O–H groups in total. The summed E-state index contributed by atoms with van der Waals surface area (Å²) in [5, 5.41) is 2.93. The largest absolute Gasteiger partial charge is 0.494 e. The van der Waals surface area contributed by atoms with Gasteiger partial charge in [-0.3, -0.25) is 9.59 Å². The first kappa shape index (κ1) is 19.5. The van der Waals surface area contributed by atoms with Crippen LogP contribution in [0, 0.1) is 0 Å². The number of nitrogens with zero attached hydrogens (tertiary/aromatic N) is 1. The molecule has 1 atom stereocenters. The summed E-state index contributed by atoms with van der Waals surface area (Å²) in [5.41, 5.74) is 1.24. The predicted molar refractivity (Wildman–Crippen MR) is 105 cm³/mol. The number of rotatable bonds is 7. The normalized spacial score (nSPS) is 16.0. The van der Waals surface area contributed by atoms with Crippen molar-refractivity contribution in [1.82, 2.24) is 5.32 Å². The van der Waals surface area contributed by atoms with Gasteiger partial charge in [0.15, 0.2) is 11.5 Å². The second kappa shape index (κ2) is 8.65. The molecule has 1 saturated heterocycles. The van der Waals surface area contributed by atoms with Crippen molar-refractivity contribution in [3.8, 4) is 17.2 Å². The lowest BCUT2D eigenvalue weighted by Crippen LogP contribution is -2.37. The van der Waals surface area contributed by atoms with E-state index >= 15 is 0 Å². The molecule has 7 heteroatoms. The second-order valence-electron chi connectivity index (χ2n) is 6.38. The molecular formula is C21H24N2O5. The van der Waals surface area contributed by atoms with Gasteiger partial charge in [-0.1, -0.05) is 0 Å². The molecule has 2 aromatic rings. The van der Waals surface area contributed by atoms with Crippen LogP contribution in [0.2, 0.25) is 0 Å². The van der Waals surface area contributed by atoms with E-state index in [1.807, 2.05) is 6.92 Å². The summed E-state index contributed by atoms with van der Waals surface area (Å²) in [6.45, 7) is 2.88. The molecule has 0 aromatic heterocycles. The summed E-state index contributed by atoms with van der Waals surface area (Å²) in [6, 6.07) is 12.0. The van der Waals surface area contributed by atoms with Gasteiger partial charge in [-0.05, 0) is 43.3 Å². The van der Waals surface area contributed by atoms with Crippen LogP contribution in [0.1, 0.15) is 23.7 Å². The highest BCUT2D eigenvalue weighted by Gasteiger charge is 2.32. The van der Waals surface area contributed by atoms with Gasteiger partial charge >= 0.3 is 0 Å². The number of carbonyl (C=O) groups is 2. The first-order valence-electron chi connectivity index (χ1n) is 9.11. The summed E-state index contributed by atoms with van der Waals surface area (Å²) in [6.07, 6.45) is 0.247. The molecule has 1 aliphatic rings. The quantitative estimate of drug-likeness (QED) is 0.794. The Morgan fingerprint density at radius 2 is 1.82 bits per heavy atom. The first-order chi connectivity index (χ1) is 13.5. The molecule has 0 aliphatic carbocycles. The van der Waals surface area contributed by atoms with E-state index in [-0.39, 0.29) is 24.3 Å². The predicted octanol–water partition coefficient (Wildman–Crippen LogP) is 2.64. The average Bonchev–Trinajstić information content (AvgIpc) is 3.08. The van der Waals surface area contributed by atoms with Gasteiger partial charge in [-0.15, -0.1) is 0 Å². The fraction of sp³-hybridized carbons (Fsp3) is 0.333. The van der Waals surface area contributed by atoms with Crippen LogP contribution in [0.4, 0.5) is 5.69 Å². The van der Waals surface area contributed by atoms with Crippen molar-refractivity contribution in [2.45, 2.75) is 19.4 Å². The molecular weight excluding hydrogens is 360 g/mol. The van der Waals surface area contributed by atoms with Crippen LogP contribution in [0.3, 0.4) is 0 Å². The van der Waals surface area contributed by atoms with E-state index in [2.05, 4.69) is 5.32 Å². The average molecular weight is 384 g/mol. The SMILES string of the molecule is CCOc1ccc(C(=O)NC2CC(=O)N(c3ccc(OC)c(OC)c3)C2)cc1. The zero-order chi connectivity index (χ0) is 20.1. The van der Waals surface area contributed by atoms with Gasteiger partial charge in [0.25, 0.3) is 5.91 Å². The molecule has 148 valence electrons. The zero-order valence-corrected chi connectivity index (χ0v) is 16.2. The molecule has 3 rings (SSSR count). The number of carbonyl (C=O) groups excluding carboxylic acids is 2. The van der Waals surface area contributed by atoms with Crippen molar-refractivity contribution in [2.24, 2.45) is 0 Å².